The van der Waals surface area contributed by atoms with Crippen LogP contribution in [0.3, 0.4) is 0 Å². The maximum Gasteiger partial charge on any atom is 0.378 e. The molecular weight excluding hydrogens is 178 g/mol. The van der Waals surface area contributed by atoms with Crippen molar-refractivity contribution in [3.05, 3.63) is 28.8 Å². The lowest BCUT2D eigenvalue weighted by Gasteiger charge is -2.06. The minimum atomic E-state index is -1.19. The summed E-state index contributed by atoms with van der Waals surface area (Å²) in [6, 6.07) is -1.19. The van der Waals surface area contributed by atoms with Gasteiger partial charge in [0.25, 0.3) is 0 Å². The van der Waals surface area contributed by atoms with E-state index in [-0.39, 0.29) is 10.7 Å². The lowest BCUT2D eigenvalue weighted by molar-refractivity contribution is -0.481. The van der Waals surface area contributed by atoms with Crippen molar-refractivity contribution in [2.75, 3.05) is 5.01 Å². The second-order valence-electron chi connectivity index (χ2n) is 1.98. The van der Waals surface area contributed by atoms with Crippen LogP contribution < -0.4 is 10.7 Å². The quantitative estimate of drug-likeness (QED) is 0.492. The molecule has 8 heteroatoms. The number of nitrogens with zero attached hydrogens (tertiary/aromatic N) is 4. The number of hydrogen-bond donors (Lipinski definition) is 1. The molecule has 0 aliphatic rings. The number of nitro groups is 1. The van der Waals surface area contributed by atoms with E-state index in [1.807, 2.05) is 0 Å². The van der Waals surface area contributed by atoms with Crippen LogP contribution in [0.2, 0.25) is 0 Å². The summed E-state index contributed by atoms with van der Waals surface area (Å²) in [6.07, 6.45) is 3.41. The molecule has 0 aromatic carbocycles. The molecule has 1 aromatic heterocycles. The average Bonchev–Trinajstić information content (AvgIpc) is 2.04. The highest BCUT2D eigenvalue weighted by molar-refractivity contribution is 5.87. The predicted molar refractivity (Wildman–Crippen MR) is 41.1 cm³/mol. The van der Waals surface area contributed by atoms with Crippen molar-refractivity contribution in [3.8, 4) is 0 Å². The number of nitrogens with two attached hydrogens (primary N) is 1. The molecule has 0 radical (unpaired) electrons. The number of carbonyl (C=O) groups excluding carboxylic acids is 1. The summed E-state index contributed by atoms with van der Waals surface area (Å²) in [6.45, 7) is 0. The van der Waals surface area contributed by atoms with Crippen molar-refractivity contribution in [1.82, 2.24) is 9.97 Å². The molecule has 2 amide bonds. The number of aromatic nitrogens is 2. The van der Waals surface area contributed by atoms with Gasteiger partial charge in [0.15, 0.2) is 10.7 Å². The topological polar surface area (TPSA) is 115 Å². The van der Waals surface area contributed by atoms with Gasteiger partial charge >= 0.3 is 6.03 Å². The first kappa shape index (κ1) is 8.84. The van der Waals surface area contributed by atoms with Gasteiger partial charge < -0.3 is 5.73 Å². The maximum absolute atomic E-state index is 10.6. The van der Waals surface area contributed by atoms with E-state index < -0.39 is 11.1 Å². The summed E-state index contributed by atoms with van der Waals surface area (Å²) in [5.74, 6) is 0. The number of hydrogen-bond acceptors (Lipinski definition) is 5. The fraction of sp³-hybridized carbons (Fsp3) is 0. The van der Waals surface area contributed by atoms with Crippen molar-refractivity contribution in [2.45, 2.75) is 0 Å². The van der Waals surface area contributed by atoms with Crippen LogP contribution in [0.5, 0.6) is 0 Å². The largest absolute Gasteiger partial charge is 0.378 e. The third kappa shape index (κ3) is 1.86. The van der Waals surface area contributed by atoms with E-state index >= 15 is 0 Å². The fourth-order valence-corrected chi connectivity index (χ4v) is 0.703. The number of urea groups is 1. The van der Waals surface area contributed by atoms with Gasteiger partial charge in [0, 0.05) is 0 Å². The van der Waals surface area contributed by atoms with E-state index in [0.717, 1.165) is 12.4 Å². The minimum absolute atomic E-state index is 0.0833. The molecule has 0 unspecified atom stereocenters. The van der Waals surface area contributed by atoms with Crippen molar-refractivity contribution in [2.24, 2.45) is 5.73 Å². The Morgan fingerprint density at radius 3 is 2.46 bits per heavy atom. The van der Waals surface area contributed by atoms with E-state index in [1.54, 1.807) is 0 Å². The summed E-state index contributed by atoms with van der Waals surface area (Å²) in [7, 11) is 0. The molecule has 0 aliphatic heterocycles. The Bertz CT molecular complexity index is 312. The molecule has 8 nitrogen and oxygen atoms in total. The summed E-state index contributed by atoms with van der Waals surface area (Å²) < 4.78 is 0. The molecule has 68 valence electrons. The summed E-state index contributed by atoms with van der Waals surface area (Å²) >= 11 is 0. The molecule has 0 fully saturated rings. The van der Waals surface area contributed by atoms with Crippen molar-refractivity contribution < 1.29 is 9.83 Å². The predicted octanol–water partition coefficient (Wildman–Crippen LogP) is -0.447. The SMILES string of the molecule is NC(=O)N(c1cncnc1)[N+](=O)[O-]. The van der Waals surface area contributed by atoms with Gasteiger partial charge in [-0.1, -0.05) is 0 Å². The van der Waals surface area contributed by atoms with E-state index in [4.69, 9.17) is 5.73 Å². The van der Waals surface area contributed by atoms with E-state index in [9.17, 15) is 14.9 Å². The lowest BCUT2D eigenvalue weighted by Crippen LogP contribution is -2.40. The van der Waals surface area contributed by atoms with Crippen LogP contribution in [-0.2, 0) is 0 Å². The molecule has 0 spiro atoms. The fourth-order valence-electron chi connectivity index (χ4n) is 0.703. The molecule has 1 aromatic rings. The molecule has 0 saturated heterocycles. The third-order valence-electron chi connectivity index (χ3n) is 1.16. The Labute approximate surface area is 72.1 Å². The summed E-state index contributed by atoms with van der Waals surface area (Å²) in [5, 5.41) is 9.53. The molecule has 0 aliphatic carbocycles. The van der Waals surface area contributed by atoms with E-state index in [0.29, 0.717) is 0 Å². The summed E-state index contributed by atoms with van der Waals surface area (Å²) in [5.41, 5.74) is 4.68. The van der Waals surface area contributed by atoms with Crippen LogP contribution in [0.15, 0.2) is 18.7 Å². The zero-order valence-corrected chi connectivity index (χ0v) is 6.32. The highest BCUT2D eigenvalue weighted by atomic mass is 16.7. The number of rotatable bonds is 2. The average molecular weight is 183 g/mol. The monoisotopic (exact) mass is 183 g/mol. The summed E-state index contributed by atoms with van der Waals surface area (Å²) in [4.78, 5) is 27.9. The van der Waals surface area contributed by atoms with Gasteiger partial charge in [-0.2, -0.15) is 0 Å². The Morgan fingerprint density at radius 2 is 2.08 bits per heavy atom. The molecule has 1 heterocycles. The Morgan fingerprint density at radius 1 is 1.54 bits per heavy atom. The van der Waals surface area contributed by atoms with Crippen LogP contribution in [0.4, 0.5) is 10.5 Å². The first-order valence-corrected chi connectivity index (χ1v) is 3.12. The standard InChI is InChI=1S/C5H5N5O3/c6-5(11)9(10(12)13)4-1-7-3-8-2-4/h1-3H,(H2,6,11). The van der Waals surface area contributed by atoms with Crippen molar-refractivity contribution in [3.63, 3.8) is 0 Å². The Kier molecular flexibility index (Phi) is 2.33. The van der Waals surface area contributed by atoms with Crippen molar-refractivity contribution in [1.29, 1.82) is 0 Å². The Hall–Kier alpha value is -2.25. The Balaban J connectivity index is 3.03. The zero-order valence-electron chi connectivity index (χ0n) is 6.32. The van der Waals surface area contributed by atoms with Gasteiger partial charge in [-0.15, -0.1) is 0 Å². The highest BCUT2D eigenvalue weighted by Crippen LogP contribution is 2.08. The lowest BCUT2D eigenvalue weighted by atomic mass is 10.5. The van der Waals surface area contributed by atoms with Crippen LogP contribution in [0.25, 0.3) is 0 Å². The minimum Gasteiger partial charge on any atom is -0.347 e. The number of primary amides is 1. The number of anilines is 1. The van der Waals surface area contributed by atoms with Crippen LogP contribution in [-0.4, -0.2) is 21.0 Å². The van der Waals surface area contributed by atoms with Gasteiger partial charge in [-0.25, -0.2) is 24.9 Å². The van der Waals surface area contributed by atoms with E-state index in [1.165, 1.54) is 6.33 Å². The second-order valence-corrected chi connectivity index (χ2v) is 1.98. The molecule has 2 N–H and O–H groups in total. The van der Waals surface area contributed by atoms with Crippen LogP contribution >= 0.6 is 0 Å². The van der Waals surface area contributed by atoms with Crippen LogP contribution in [0, 0.1) is 10.1 Å². The first-order valence-electron chi connectivity index (χ1n) is 3.12. The molecule has 0 bridgehead atoms. The maximum atomic E-state index is 10.6. The number of hydrazine groups is 1. The molecular formula is C5H5N5O3. The van der Waals surface area contributed by atoms with Gasteiger partial charge in [-0.3, -0.25) is 0 Å². The first-order chi connectivity index (χ1) is 6.13. The zero-order chi connectivity index (χ0) is 9.84. The van der Waals surface area contributed by atoms with Gasteiger partial charge in [-0.05, 0) is 5.01 Å². The molecule has 0 atom stereocenters. The third-order valence-corrected chi connectivity index (χ3v) is 1.16. The number of amides is 2. The second kappa shape index (κ2) is 3.43. The highest BCUT2D eigenvalue weighted by Gasteiger charge is 2.24. The number of carbonyl (C=O) groups is 1. The normalized spacial score (nSPS) is 9.23. The van der Waals surface area contributed by atoms with Gasteiger partial charge in [0.1, 0.15) is 6.33 Å². The van der Waals surface area contributed by atoms with Gasteiger partial charge in [0.05, 0.1) is 12.4 Å². The molecule has 1 rings (SSSR count). The van der Waals surface area contributed by atoms with Crippen molar-refractivity contribution >= 4 is 11.7 Å². The molecule has 13 heavy (non-hydrogen) atoms. The smallest absolute Gasteiger partial charge is 0.347 e. The van der Waals surface area contributed by atoms with E-state index in [2.05, 4.69) is 9.97 Å². The van der Waals surface area contributed by atoms with Crippen LogP contribution in [0.1, 0.15) is 0 Å². The molecule has 0 saturated carbocycles. The van der Waals surface area contributed by atoms with Gasteiger partial charge in [0.2, 0.25) is 0 Å².